The van der Waals surface area contributed by atoms with E-state index in [1.54, 1.807) is 25.4 Å². The summed E-state index contributed by atoms with van der Waals surface area (Å²) in [6.07, 6.45) is 3.07. The first-order valence-corrected chi connectivity index (χ1v) is 8.16. The summed E-state index contributed by atoms with van der Waals surface area (Å²) in [6.45, 7) is 5.11. The summed E-state index contributed by atoms with van der Waals surface area (Å²) in [6, 6.07) is 1.84. The Labute approximate surface area is 130 Å². The summed E-state index contributed by atoms with van der Waals surface area (Å²) < 4.78 is 0. The second kappa shape index (κ2) is 8.67. The number of aryl methyl sites for hydroxylation is 2. The average Bonchev–Trinajstić information content (AvgIpc) is 2.86. The van der Waals surface area contributed by atoms with E-state index in [1.165, 1.54) is 15.3 Å². The van der Waals surface area contributed by atoms with Gasteiger partial charge >= 0.3 is 6.03 Å². The molecule has 3 amide bonds. The fraction of sp³-hybridized carbons (Fsp3) is 0.600. The number of carbonyl (C=O) groups excluding carboxylic acids is 2. The van der Waals surface area contributed by atoms with Crippen molar-refractivity contribution < 1.29 is 9.59 Å². The van der Waals surface area contributed by atoms with Crippen LogP contribution in [0.1, 0.15) is 40.4 Å². The summed E-state index contributed by atoms with van der Waals surface area (Å²) >= 11 is 1.58. The van der Waals surface area contributed by atoms with Crippen LogP contribution >= 0.6 is 11.3 Å². The number of hydrogen-bond donors (Lipinski definition) is 2. The largest absolute Gasteiger partial charge is 0.350 e. The molecule has 5 nitrogen and oxygen atoms in total. The van der Waals surface area contributed by atoms with Crippen LogP contribution in [0.4, 0.5) is 4.79 Å². The Morgan fingerprint density at radius 1 is 1.19 bits per heavy atom. The van der Waals surface area contributed by atoms with E-state index in [4.69, 9.17) is 0 Å². The maximum Gasteiger partial charge on any atom is 0.316 e. The van der Waals surface area contributed by atoms with Crippen molar-refractivity contribution in [3.63, 3.8) is 0 Å². The molecule has 0 atom stereocenters. The summed E-state index contributed by atoms with van der Waals surface area (Å²) in [5.41, 5.74) is 1.27. The van der Waals surface area contributed by atoms with Gasteiger partial charge < -0.3 is 15.5 Å². The van der Waals surface area contributed by atoms with Crippen molar-refractivity contribution in [1.29, 1.82) is 0 Å². The molecule has 1 aromatic rings. The highest BCUT2D eigenvalue weighted by molar-refractivity contribution is 7.14. The lowest BCUT2D eigenvalue weighted by atomic mass is 10.1. The van der Waals surface area contributed by atoms with Crippen molar-refractivity contribution in [1.82, 2.24) is 15.5 Å². The van der Waals surface area contributed by atoms with Gasteiger partial charge in [0.25, 0.3) is 5.91 Å². The van der Waals surface area contributed by atoms with Crippen molar-refractivity contribution in [2.45, 2.75) is 33.1 Å². The predicted octanol–water partition coefficient (Wildman–Crippen LogP) is 2.26. The average molecular weight is 311 g/mol. The third-order valence-electron chi connectivity index (χ3n) is 3.07. The molecule has 0 aliphatic heterocycles. The van der Waals surface area contributed by atoms with Gasteiger partial charge in [0.15, 0.2) is 0 Å². The molecule has 1 rings (SSSR count). The molecule has 0 fully saturated rings. The minimum atomic E-state index is -0.154. The predicted molar refractivity (Wildman–Crippen MR) is 87.1 cm³/mol. The van der Waals surface area contributed by atoms with Gasteiger partial charge in [0.05, 0.1) is 4.88 Å². The Balaban J connectivity index is 2.47. The second-order valence-electron chi connectivity index (χ2n) is 5.04. The van der Waals surface area contributed by atoms with E-state index in [2.05, 4.69) is 24.5 Å². The van der Waals surface area contributed by atoms with E-state index in [9.17, 15) is 9.59 Å². The van der Waals surface area contributed by atoms with Crippen LogP contribution in [0.15, 0.2) is 6.07 Å². The number of nitrogens with one attached hydrogen (secondary N) is 2. The monoisotopic (exact) mass is 311 g/mol. The van der Waals surface area contributed by atoms with E-state index >= 15 is 0 Å². The van der Waals surface area contributed by atoms with Crippen LogP contribution < -0.4 is 10.6 Å². The van der Waals surface area contributed by atoms with Gasteiger partial charge in [-0.3, -0.25) is 4.79 Å². The highest BCUT2D eigenvalue weighted by Crippen LogP contribution is 2.24. The van der Waals surface area contributed by atoms with Crippen LogP contribution in [0.3, 0.4) is 0 Å². The fourth-order valence-electron chi connectivity index (χ4n) is 1.91. The number of carbonyl (C=O) groups is 2. The van der Waals surface area contributed by atoms with Gasteiger partial charge in [-0.25, -0.2) is 4.79 Å². The van der Waals surface area contributed by atoms with E-state index in [0.29, 0.717) is 13.1 Å². The lowest BCUT2D eigenvalue weighted by Gasteiger charge is -2.11. The first-order valence-electron chi connectivity index (χ1n) is 7.34. The van der Waals surface area contributed by atoms with Crippen molar-refractivity contribution in [2.75, 3.05) is 27.2 Å². The zero-order valence-corrected chi connectivity index (χ0v) is 14.1. The highest BCUT2D eigenvalue weighted by Gasteiger charge is 2.13. The Morgan fingerprint density at radius 2 is 1.86 bits per heavy atom. The summed E-state index contributed by atoms with van der Waals surface area (Å²) in [5, 5.41) is 5.55. The van der Waals surface area contributed by atoms with Crippen LogP contribution in [-0.2, 0) is 12.8 Å². The van der Waals surface area contributed by atoms with Gasteiger partial charge in [-0.05, 0) is 24.5 Å². The molecule has 0 saturated carbocycles. The quantitative estimate of drug-likeness (QED) is 0.759. The first kappa shape index (κ1) is 17.5. The first-order chi connectivity index (χ1) is 9.99. The molecule has 6 heteroatoms. The molecule has 0 bridgehead atoms. The fourth-order valence-corrected chi connectivity index (χ4v) is 3.18. The lowest BCUT2D eigenvalue weighted by Crippen LogP contribution is -2.39. The molecule has 1 aromatic heterocycles. The molecule has 0 radical (unpaired) electrons. The summed E-state index contributed by atoms with van der Waals surface area (Å²) in [4.78, 5) is 26.9. The zero-order chi connectivity index (χ0) is 15.8. The van der Waals surface area contributed by atoms with Crippen LogP contribution in [0.5, 0.6) is 0 Å². The van der Waals surface area contributed by atoms with Crippen LogP contribution in [0.25, 0.3) is 0 Å². The summed E-state index contributed by atoms with van der Waals surface area (Å²) in [5.74, 6) is -0.0591. The number of nitrogens with zero attached hydrogens (tertiary/aromatic N) is 1. The molecule has 0 unspecified atom stereocenters. The number of amides is 3. The topological polar surface area (TPSA) is 61.4 Å². The molecular weight excluding hydrogens is 286 g/mol. The normalized spacial score (nSPS) is 10.3. The van der Waals surface area contributed by atoms with Gasteiger partial charge in [0, 0.05) is 32.1 Å². The minimum Gasteiger partial charge on any atom is -0.350 e. The van der Waals surface area contributed by atoms with Crippen molar-refractivity contribution in [3.05, 3.63) is 21.4 Å². The highest BCUT2D eigenvalue weighted by atomic mass is 32.1. The molecular formula is C15H25N3O2S. The summed E-state index contributed by atoms with van der Waals surface area (Å²) in [7, 11) is 3.36. The van der Waals surface area contributed by atoms with E-state index in [-0.39, 0.29) is 11.9 Å². The molecule has 0 aliphatic rings. The Morgan fingerprint density at radius 3 is 2.43 bits per heavy atom. The number of thiophene rings is 1. The van der Waals surface area contributed by atoms with Crippen molar-refractivity contribution in [3.8, 4) is 0 Å². The zero-order valence-electron chi connectivity index (χ0n) is 13.3. The molecule has 1 heterocycles. The standard InChI is InChI=1S/C15H25N3O2S/c1-5-7-12-11(6-2)10-13(21-12)14(19)16-8-9-17-15(20)18(3)4/h10H,5-9H2,1-4H3,(H,16,19)(H,17,20). The van der Waals surface area contributed by atoms with Crippen molar-refractivity contribution in [2.24, 2.45) is 0 Å². The second-order valence-corrected chi connectivity index (χ2v) is 6.18. The van der Waals surface area contributed by atoms with Crippen LogP contribution in [0, 0.1) is 0 Å². The Kier molecular flexibility index (Phi) is 7.22. The van der Waals surface area contributed by atoms with Crippen LogP contribution in [-0.4, -0.2) is 44.0 Å². The van der Waals surface area contributed by atoms with E-state index in [0.717, 1.165) is 24.1 Å². The smallest absolute Gasteiger partial charge is 0.316 e. The molecule has 118 valence electrons. The van der Waals surface area contributed by atoms with Gasteiger partial charge in [-0.15, -0.1) is 11.3 Å². The number of rotatable bonds is 7. The molecule has 0 aromatic carbocycles. The van der Waals surface area contributed by atoms with Gasteiger partial charge in [-0.2, -0.15) is 0 Å². The Hall–Kier alpha value is -1.56. The van der Waals surface area contributed by atoms with Gasteiger partial charge in [0.2, 0.25) is 0 Å². The number of hydrogen-bond acceptors (Lipinski definition) is 3. The van der Waals surface area contributed by atoms with Crippen LogP contribution in [0.2, 0.25) is 0 Å². The minimum absolute atomic E-state index is 0.0591. The third kappa shape index (κ3) is 5.38. The Bertz CT molecular complexity index is 483. The van der Waals surface area contributed by atoms with E-state index < -0.39 is 0 Å². The maximum absolute atomic E-state index is 12.1. The lowest BCUT2D eigenvalue weighted by molar-refractivity contribution is 0.0957. The number of urea groups is 1. The maximum atomic E-state index is 12.1. The molecule has 21 heavy (non-hydrogen) atoms. The molecule has 0 spiro atoms. The van der Waals surface area contributed by atoms with Gasteiger partial charge in [0.1, 0.15) is 0 Å². The van der Waals surface area contributed by atoms with Crippen molar-refractivity contribution >= 4 is 23.3 Å². The molecule has 0 aliphatic carbocycles. The van der Waals surface area contributed by atoms with Gasteiger partial charge in [-0.1, -0.05) is 20.3 Å². The van der Waals surface area contributed by atoms with E-state index in [1.807, 2.05) is 6.07 Å². The molecule has 0 saturated heterocycles. The SMILES string of the molecule is CCCc1sc(C(=O)NCCNC(=O)N(C)C)cc1CC. The molecule has 2 N–H and O–H groups in total. The third-order valence-corrected chi connectivity index (χ3v) is 4.31.